The number of H-pyrrole nitrogens is 1. The third kappa shape index (κ3) is 2.53. The average Bonchev–Trinajstić information content (AvgIpc) is 2.91. The zero-order valence-electron chi connectivity index (χ0n) is 13.4. The van der Waals surface area contributed by atoms with Gasteiger partial charge in [-0.15, -0.1) is 0 Å². The van der Waals surface area contributed by atoms with Gasteiger partial charge < -0.3 is 9.52 Å². The van der Waals surface area contributed by atoms with Crippen LogP contribution in [0.2, 0.25) is 0 Å². The SMILES string of the molecule is Cc1cc2[nH+]c(-c3ccc4ccccc4c3[O-])oc2cc1C.[Li+]. The Hall–Kier alpha value is -2.21. The molecule has 3 aromatic carbocycles. The molecule has 0 spiro atoms. The van der Waals surface area contributed by atoms with E-state index in [4.69, 9.17) is 4.42 Å². The van der Waals surface area contributed by atoms with E-state index < -0.39 is 0 Å². The van der Waals surface area contributed by atoms with Crippen molar-refractivity contribution in [3.63, 3.8) is 0 Å². The normalized spacial score (nSPS) is 10.9. The number of rotatable bonds is 1. The summed E-state index contributed by atoms with van der Waals surface area (Å²) >= 11 is 0. The van der Waals surface area contributed by atoms with Gasteiger partial charge in [0, 0.05) is 6.07 Å². The van der Waals surface area contributed by atoms with Crippen molar-refractivity contribution in [2.45, 2.75) is 13.8 Å². The summed E-state index contributed by atoms with van der Waals surface area (Å²) in [4.78, 5) is 3.22. The van der Waals surface area contributed by atoms with Gasteiger partial charge in [0.25, 0.3) is 0 Å². The second-order valence-corrected chi connectivity index (χ2v) is 5.65. The molecular formula is C19H15LiNO2+. The minimum atomic E-state index is -0.0122. The first kappa shape index (κ1) is 15.7. The zero-order chi connectivity index (χ0) is 15.3. The molecule has 0 fully saturated rings. The standard InChI is InChI=1S/C19H15NO2.Li/c1-11-9-16-17(10-12(11)2)22-19(20-16)15-8-7-13-5-3-4-6-14(13)18(15)21;/h3-10,21H,1-2H3;/q;+1. The van der Waals surface area contributed by atoms with Crippen LogP contribution in [-0.2, 0) is 0 Å². The van der Waals surface area contributed by atoms with Crippen LogP contribution in [0.15, 0.2) is 52.9 Å². The summed E-state index contributed by atoms with van der Waals surface area (Å²) in [6.07, 6.45) is 0. The van der Waals surface area contributed by atoms with E-state index >= 15 is 0 Å². The summed E-state index contributed by atoms with van der Waals surface area (Å²) in [7, 11) is 0. The van der Waals surface area contributed by atoms with Crippen LogP contribution in [0.25, 0.3) is 33.3 Å². The van der Waals surface area contributed by atoms with E-state index in [1.807, 2.05) is 55.5 Å². The van der Waals surface area contributed by atoms with Gasteiger partial charge in [-0.1, -0.05) is 36.1 Å². The minimum absolute atomic E-state index is 0. The Labute approximate surface area is 146 Å². The van der Waals surface area contributed by atoms with Crippen LogP contribution in [-0.4, -0.2) is 0 Å². The topological polar surface area (TPSA) is 50.3 Å². The number of nitrogens with one attached hydrogen (secondary N) is 1. The van der Waals surface area contributed by atoms with E-state index in [1.54, 1.807) is 0 Å². The first-order chi connectivity index (χ1) is 10.6. The summed E-state index contributed by atoms with van der Waals surface area (Å²) < 4.78 is 5.86. The van der Waals surface area contributed by atoms with Gasteiger partial charge in [-0.05, 0) is 47.9 Å². The number of hydrogen-bond donors (Lipinski definition) is 0. The molecule has 0 unspecified atom stereocenters. The summed E-state index contributed by atoms with van der Waals surface area (Å²) in [5.41, 5.74) is 4.60. The maximum absolute atomic E-state index is 12.7. The molecule has 0 aliphatic heterocycles. The Balaban J connectivity index is 0.00000156. The molecule has 0 atom stereocenters. The van der Waals surface area contributed by atoms with E-state index in [2.05, 4.69) is 11.9 Å². The number of aromatic nitrogens is 1. The van der Waals surface area contributed by atoms with E-state index in [1.165, 1.54) is 11.1 Å². The van der Waals surface area contributed by atoms with E-state index in [9.17, 15) is 5.11 Å². The number of oxazole rings is 1. The Kier molecular flexibility index (Phi) is 3.93. The molecule has 1 aromatic heterocycles. The zero-order valence-corrected chi connectivity index (χ0v) is 13.4. The molecule has 0 aliphatic carbocycles. The predicted molar refractivity (Wildman–Crippen MR) is 84.6 cm³/mol. The predicted octanol–water partition coefficient (Wildman–Crippen LogP) is 0.762. The third-order valence-electron chi connectivity index (χ3n) is 4.18. The molecule has 0 saturated carbocycles. The smallest absolute Gasteiger partial charge is 0.871 e. The Morgan fingerprint density at radius 3 is 2.52 bits per heavy atom. The molecule has 4 heteroatoms. The average molecular weight is 296 g/mol. The monoisotopic (exact) mass is 296 g/mol. The van der Waals surface area contributed by atoms with E-state index in [0.29, 0.717) is 16.8 Å². The van der Waals surface area contributed by atoms with Crippen molar-refractivity contribution >= 4 is 21.9 Å². The van der Waals surface area contributed by atoms with Gasteiger partial charge in [-0.3, -0.25) is 0 Å². The summed E-state index contributed by atoms with van der Waals surface area (Å²) in [5, 5.41) is 14.3. The minimum Gasteiger partial charge on any atom is -0.871 e. The van der Waals surface area contributed by atoms with E-state index in [-0.39, 0.29) is 24.6 Å². The summed E-state index contributed by atoms with van der Waals surface area (Å²) in [6.45, 7) is 4.11. The van der Waals surface area contributed by atoms with Crippen LogP contribution in [0.5, 0.6) is 5.75 Å². The number of fused-ring (bicyclic) bond motifs is 2. The van der Waals surface area contributed by atoms with E-state index in [0.717, 1.165) is 16.5 Å². The quantitative estimate of drug-likeness (QED) is 0.487. The molecule has 23 heavy (non-hydrogen) atoms. The molecule has 0 saturated heterocycles. The van der Waals surface area contributed by atoms with Gasteiger partial charge >= 0.3 is 24.8 Å². The number of hydrogen-bond acceptors (Lipinski definition) is 2. The molecule has 1 heterocycles. The molecule has 1 N–H and O–H groups in total. The molecule has 0 radical (unpaired) electrons. The molecule has 4 aromatic rings. The Morgan fingerprint density at radius 2 is 1.70 bits per heavy atom. The van der Waals surface area contributed by atoms with Gasteiger partial charge in [-0.25, -0.2) is 0 Å². The maximum Gasteiger partial charge on any atom is 1.00 e. The van der Waals surface area contributed by atoms with Crippen LogP contribution in [0.1, 0.15) is 11.1 Å². The van der Waals surface area contributed by atoms with Crippen LogP contribution < -0.4 is 29.0 Å². The van der Waals surface area contributed by atoms with Crippen LogP contribution >= 0.6 is 0 Å². The van der Waals surface area contributed by atoms with Gasteiger partial charge in [0.05, 0.1) is 5.56 Å². The van der Waals surface area contributed by atoms with Crippen molar-refractivity contribution in [3.8, 4) is 17.2 Å². The molecular weight excluding hydrogens is 281 g/mol. The van der Waals surface area contributed by atoms with Crippen molar-refractivity contribution in [2.24, 2.45) is 0 Å². The largest absolute Gasteiger partial charge is 1.00 e. The van der Waals surface area contributed by atoms with Crippen molar-refractivity contribution in [3.05, 3.63) is 59.7 Å². The molecule has 4 rings (SSSR count). The fraction of sp³-hybridized carbons (Fsp3) is 0.105. The molecule has 108 valence electrons. The van der Waals surface area contributed by atoms with Crippen molar-refractivity contribution < 1.29 is 33.4 Å². The Morgan fingerprint density at radius 1 is 0.957 bits per heavy atom. The van der Waals surface area contributed by atoms with Gasteiger partial charge in [0.1, 0.15) is 0 Å². The molecule has 0 bridgehead atoms. The van der Waals surface area contributed by atoms with Gasteiger partial charge in [-0.2, -0.15) is 4.98 Å². The van der Waals surface area contributed by atoms with Gasteiger partial charge in [0.15, 0.2) is 0 Å². The first-order valence-electron chi connectivity index (χ1n) is 7.26. The fourth-order valence-corrected chi connectivity index (χ4v) is 2.77. The fourth-order valence-electron chi connectivity index (χ4n) is 2.77. The van der Waals surface area contributed by atoms with Crippen molar-refractivity contribution in [1.29, 1.82) is 0 Å². The van der Waals surface area contributed by atoms with Crippen molar-refractivity contribution in [1.82, 2.24) is 0 Å². The second-order valence-electron chi connectivity index (χ2n) is 5.65. The first-order valence-corrected chi connectivity index (χ1v) is 7.26. The summed E-state index contributed by atoms with van der Waals surface area (Å²) in [5.74, 6) is 0.498. The number of benzene rings is 3. The van der Waals surface area contributed by atoms with Crippen LogP contribution in [0.4, 0.5) is 0 Å². The van der Waals surface area contributed by atoms with Crippen LogP contribution in [0.3, 0.4) is 0 Å². The summed E-state index contributed by atoms with van der Waals surface area (Å²) in [6, 6.07) is 15.4. The van der Waals surface area contributed by atoms with Crippen molar-refractivity contribution in [2.75, 3.05) is 0 Å². The van der Waals surface area contributed by atoms with Gasteiger partial charge in [0.2, 0.25) is 11.1 Å². The number of aromatic amines is 1. The molecule has 3 nitrogen and oxygen atoms in total. The second kappa shape index (κ2) is 5.77. The molecule has 0 amide bonds. The molecule has 0 aliphatic rings. The number of aryl methyl sites for hydroxylation is 2. The maximum atomic E-state index is 12.7. The third-order valence-corrected chi connectivity index (χ3v) is 4.18. The Bertz CT molecular complexity index is 982. The van der Waals surface area contributed by atoms with Crippen LogP contribution in [0, 0.1) is 13.8 Å².